The summed E-state index contributed by atoms with van der Waals surface area (Å²) in [5.41, 5.74) is -11.9. The predicted molar refractivity (Wildman–Crippen MR) is 94.7 cm³/mol. The highest BCUT2D eigenvalue weighted by Gasteiger charge is 2.75. The number of oxime groups is 1. The second kappa shape index (κ2) is 7.01. The maximum absolute atomic E-state index is 14.2. The first-order chi connectivity index (χ1) is 13.3. The first kappa shape index (κ1) is 21.6. The fraction of sp³-hybridized carbons (Fsp3) is 0.235. The summed E-state index contributed by atoms with van der Waals surface area (Å²) in [6.07, 6.45) is -5.54. The molecule has 0 amide bonds. The van der Waals surface area contributed by atoms with Crippen LogP contribution in [0.1, 0.15) is 11.1 Å². The van der Waals surface area contributed by atoms with Gasteiger partial charge in [-0.15, -0.1) is 0 Å². The van der Waals surface area contributed by atoms with Gasteiger partial charge in [-0.05, 0) is 12.1 Å². The van der Waals surface area contributed by atoms with Crippen LogP contribution in [-0.4, -0.2) is 31.1 Å². The Morgan fingerprint density at radius 1 is 0.931 bits per heavy atom. The smallest absolute Gasteiger partial charge is 0.372 e. The summed E-state index contributed by atoms with van der Waals surface area (Å²) >= 11 is 3.08. The van der Waals surface area contributed by atoms with Crippen LogP contribution in [0.25, 0.3) is 0 Å². The van der Waals surface area contributed by atoms with E-state index in [1.165, 1.54) is 18.2 Å². The quantitative estimate of drug-likeness (QED) is 0.559. The van der Waals surface area contributed by atoms with Gasteiger partial charge in [-0.3, -0.25) is 0 Å². The molecule has 1 aliphatic heterocycles. The molecule has 29 heavy (non-hydrogen) atoms. The molecule has 0 fully saturated rings. The van der Waals surface area contributed by atoms with Crippen LogP contribution in [0.4, 0.5) is 26.3 Å². The van der Waals surface area contributed by atoms with E-state index < -0.39 is 43.6 Å². The summed E-state index contributed by atoms with van der Waals surface area (Å²) in [7, 11) is -6.41. The number of alkyl halides is 6. The molecule has 2 atom stereocenters. The van der Waals surface area contributed by atoms with E-state index >= 15 is 0 Å². The van der Waals surface area contributed by atoms with Crippen molar-refractivity contribution in [2.75, 3.05) is 0 Å². The van der Waals surface area contributed by atoms with E-state index in [2.05, 4.69) is 25.9 Å². The fourth-order valence-corrected chi connectivity index (χ4v) is 4.74. The van der Waals surface area contributed by atoms with Crippen molar-refractivity contribution in [3.05, 3.63) is 70.2 Å². The lowest BCUT2D eigenvalue weighted by Gasteiger charge is -2.35. The molecule has 156 valence electrons. The molecule has 0 aliphatic carbocycles. The number of halogens is 7. The molecule has 0 aromatic heterocycles. The van der Waals surface area contributed by atoms with E-state index in [0.717, 1.165) is 36.4 Å². The van der Waals surface area contributed by atoms with Crippen LogP contribution in [-0.2, 0) is 20.3 Å². The van der Waals surface area contributed by atoms with Gasteiger partial charge < -0.3 is 4.84 Å². The molecule has 1 heterocycles. The van der Waals surface area contributed by atoms with E-state index in [-0.39, 0.29) is 5.56 Å². The molecule has 0 unspecified atom stereocenters. The Balaban J connectivity index is 2.34. The summed E-state index contributed by atoms with van der Waals surface area (Å²) in [5, 5.41) is -0.000300. The number of hydrogen-bond acceptors (Lipinski definition) is 4. The summed E-state index contributed by atoms with van der Waals surface area (Å²) < 4.78 is 108. The van der Waals surface area contributed by atoms with Gasteiger partial charge in [-0.2, -0.15) is 26.3 Å². The van der Waals surface area contributed by atoms with E-state index in [1.54, 1.807) is 0 Å². The highest BCUT2D eigenvalue weighted by atomic mass is 79.9. The van der Waals surface area contributed by atoms with Gasteiger partial charge in [0.1, 0.15) is 5.71 Å². The second-order valence-corrected chi connectivity index (χ2v) is 8.98. The molecular formula is C17H10BrF6NO3S. The highest BCUT2D eigenvalue weighted by molar-refractivity contribution is 9.10. The van der Waals surface area contributed by atoms with Crippen molar-refractivity contribution in [2.24, 2.45) is 5.16 Å². The number of hydrogen-bond donors (Lipinski definition) is 0. The topological polar surface area (TPSA) is 55.7 Å². The van der Waals surface area contributed by atoms with E-state index in [1.807, 2.05) is 0 Å². The molecule has 0 N–H and O–H groups in total. The fourth-order valence-electron chi connectivity index (χ4n) is 2.99. The Kier molecular flexibility index (Phi) is 5.23. The average molecular weight is 502 g/mol. The predicted octanol–water partition coefficient (Wildman–Crippen LogP) is 4.94. The third-order valence-corrected chi connectivity index (χ3v) is 6.65. The van der Waals surface area contributed by atoms with Gasteiger partial charge in [0.15, 0.2) is 5.25 Å². The van der Waals surface area contributed by atoms with Crippen molar-refractivity contribution in [3.8, 4) is 0 Å². The molecule has 4 nitrogen and oxygen atoms in total. The highest BCUT2D eigenvalue weighted by Crippen LogP contribution is 2.53. The molecule has 12 heteroatoms. The van der Waals surface area contributed by atoms with E-state index in [9.17, 15) is 34.8 Å². The van der Waals surface area contributed by atoms with Crippen LogP contribution >= 0.6 is 15.9 Å². The van der Waals surface area contributed by atoms with Gasteiger partial charge in [-0.25, -0.2) is 8.42 Å². The largest absolute Gasteiger partial charge is 0.498 e. The third kappa shape index (κ3) is 3.41. The SMILES string of the molecule is O=S(=O)([C@H]1C(c2ccc(Br)cc2)=NO[C@]1(c1ccccc1)C(F)(F)F)C(F)(F)F. The molecular weight excluding hydrogens is 492 g/mol. The molecule has 0 saturated heterocycles. The Morgan fingerprint density at radius 2 is 1.48 bits per heavy atom. The summed E-state index contributed by atoms with van der Waals surface area (Å²) in [5.74, 6) is 0. The number of nitrogens with zero attached hydrogens (tertiary/aromatic N) is 1. The van der Waals surface area contributed by atoms with Gasteiger partial charge in [0.05, 0.1) is 0 Å². The number of rotatable bonds is 3. The van der Waals surface area contributed by atoms with Crippen molar-refractivity contribution < 1.29 is 39.6 Å². The zero-order chi connectivity index (χ0) is 21.7. The van der Waals surface area contributed by atoms with Crippen LogP contribution < -0.4 is 0 Å². The summed E-state index contributed by atoms with van der Waals surface area (Å²) in [6, 6.07) is 10.2. The van der Waals surface area contributed by atoms with Crippen LogP contribution in [0, 0.1) is 0 Å². The molecule has 2 aromatic carbocycles. The van der Waals surface area contributed by atoms with Crippen LogP contribution in [0.3, 0.4) is 0 Å². The van der Waals surface area contributed by atoms with Crippen molar-refractivity contribution in [1.82, 2.24) is 0 Å². The number of sulfone groups is 1. The molecule has 1 aliphatic rings. The maximum Gasteiger partial charge on any atom is 0.498 e. The van der Waals surface area contributed by atoms with Crippen LogP contribution in [0.2, 0.25) is 0 Å². The minimum absolute atomic E-state index is 0.256. The van der Waals surface area contributed by atoms with Gasteiger partial charge in [0.25, 0.3) is 15.4 Å². The normalized spacial score (nSPS) is 22.9. The Morgan fingerprint density at radius 3 is 1.97 bits per heavy atom. The Labute approximate surface area is 169 Å². The summed E-state index contributed by atoms with van der Waals surface area (Å²) in [4.78, 5) is 4.55. The average Bonchev–Trinajstić information content (AvgIpc) is 3.04. The van der Waals surface area contributed by atoms with Gasteiger partial charge >= 0.3 is 11.7 Å². The second-order valence-electron chi connectivity index (χ2n) is 6.04. The van der Waals surface area contributed by atoms with Gasteiger partial charge in [0, 0.05) is 15.6 Å². The molecule has 0 saturated carbocycles. The zero-order valence-corrected chi connectivity index (χ0v) is 16.4. The minimum Gasteiger partial charge on any atom is -0.372 e. The summed E-state index contributed by atoms with van der Waals surface area (Å²) in [6.45, 7) is 0. The lowest BCUT2D eigenvalue weighted by molar-refractivity contribution is -0.274. The van der Waals surface area contributed by atoms with Crippen LogP contribution in [0.15, 0.2) is 64.2 Å². The maximum atomic E-state index is 14.2. The zero-order valence-electron chi connectivity index (χ0n) is 14.0. The Bertz CT molecular complexity index is 1040. The van der Waals surface area contributed by atoms with Crippen molar-refractivity contribution in [1.29, 1.82) is 0 Å². The van der Waals surface area contributed by atoms with Crippen molar-refractivity contribution >= 4 is 31.5 Å². The molecule has 0 spiro atoms. The molecule has 2 aromatic rings. The van der Waals surface area contributed by atoms with Crippen molar-refractivity contribution in [3.63, 3.8) is 0 Å². The number of benzene rings is 2. The third-order valence-electron chi connectivity index (χ3n) is 4.30. The van der Waals surface area contributed by atoms with E-state index in [4.69, 9.17) is 0 Å². The minimum atomic E-state index is -6.41. The van der Waals surface area contributed by atoms with Gasteiger partial charge in [0.2, 0.25) is 0 Å². The Hall–Kier alpha value is -2.08. The lowest BCUT2D eigenvalue weighted by Crippen LogP contribution is -2.58. The molecule has 0 radical (unpaired) electrons. The molecule has 3 rings (SSSR count). The van der Waals surface area contributed by atoms with Crippen LogP contribution in [0.5, 0.6) is 0 Å². The first-order valence-corrected chi connectivity index (χ1v) is 10.1. The monoisotopic (exact) mass is 501 g/mol. The standard InChI is InChI=1S/C17H10BrF6NO3S/c18-12-8-6-10(7-9-12)13-14(29(26,27)17(22,23)24)15(28-25-13,16(19,20)21)11-4-2-1-3-5-11/h1-9,14H/t14-,15-/m0/s1. The first-order valence-electron chi connectivity index (χ1n) is 7.77. The van der Waals surface area contributed by atoms with Gasteiger partial charge in [-0.1, -0.05) is 63.6 Å². The van der Waals surface area contributed by atoms with E-state index in [0.29, 0.717) is 4.47 Å². The lowest BCUT2D eigenvalue weighted by atomic mass is 9.86. The van der Waals surface area contributed by atoms with Crippen molar-refractivity contribution in [2.45, 2.75) is 22.5 Å². The molecule has 0 bridgehead atoms.